The summed E-state index contributed by atoms with van der Waals surface area (Å²) in [5.41, 5.74) is 0.0843. The Morgan fingerprint density at radius 3 is 2.75 bits per heavy atom. The van der Waals surface area contributed by atoms with E-state index in [0.717, 1.165) is 0 Å². The van der Waals surface area contributed by atoms with Crippen LogP contribution >= 0.6 is 23.2 Å². The molecule has 0 spiro atoms. The Morgan fingerprint density at radius 2 is 2.25 bits per heavy atom. The van der Waals surface area contributed by atoms with E-state index in [9.17, 15) is 4.79 Å². The lowest BCUT2D eigenvalue weighted by molar-refractivity contribution is 0.107. The zero-order valence-corrected chi connectivity index (χ0v) is 7.69. The molecule has 0 aliphatic heterocycles. The van der Waals surface area contributed by atoms with Crippen molar-refractivity contribution < 1.29 is 9.53 Å². The fourth-order valence-corrected chi connectivity index (χ4v) is 0.972. The van der Waals surface area contributed by atoms with E-state index in [0.29, 0.717) is 5.02 Å². The number of halogens is 2. The van der Waals surface area contributed by atoms with E-state index < -0.39 is 5.24 Å². The van der Waals surface area contributed by atoms with Gasteiger partial charge in [-0.15, -0.1) is 0 Å². The molecule has 0 fully saturated rings. The molecular formula is C7H5Cl2NO2. The second-order valence-corrected chi connectivity index (χ2v) is 2.77. The van der Waals surface area contributed by atoms with Crippen LogP contribution in [0.1, 0.15) is 10.5 Å². The van der Waals surface area contributed by atoms with Crippen LogP contribution in [0.5, 0.6) is 5.88 Å². The maximum absolute atomic E-state index is 10.7. The number of ether oxygens (including phenoxy) is 1. The number of hydrogen-bond donors (Lipinski definition) is 0. The molecule has 5 heteroatoms. The first kappa shape index (κ1) is 9.29. The first-order valence-corrected chi connectivity index (χ1v) is 3.80. The first-order chi connectivity index (χ1) is 5.63. The molecule has 3 nitrogen and oxygen atoms in total. The van der Waals surface area contributed by atoms with Crippen molar-refractivity contribution in [2.24, 2.45) is 0 Å². The van der Waals surface area contributed by atoms with Crippen molar-refractivity contribution >= 4 is 28.4 Å². The third-order valence-corrected chi connectivity index (χ3v) is 1.59. The standard InChI is InChI=1S/C7H5Cl2NO2/c1-12-6-3-4(8)2-5(10-6)7(9)11/h2-3H,1H3. The number of hydrogen-bond acceptors (Lipinski definition) is 3. The Bertz CT molecular complexity index is 314. The Hall–Kier alpha value is -0.800. The summed E-state index contributed by atoms with van der Waals surface area (Å²) in [5, 5.41) is -0.290. The van der Waals surface area contributed by atoms with Crippen molar-refractivity contribution in [3.8, 4) is 5.88 Å². The van der Waals surface area contributed by atoms with Crippen LogP contribution in [0.25, 0.3) is 0 Å². The summed E-state index contributed by atoms with van der Waals surface area (Å²) in [6, 6.07) is 2.87. The van der Waals surface area contributed by atoms with Gasteiger partial charge in [0.2, 0.25) is 5.88 Å². The van der Waals surface area contributed by atoms with E-state index in [1.54, 1.807) is 0 Å². The number of methoxy groups -OCH3 is 1. The molecule has 1 rings (SSSR count). The summed E-state index contributed by atoms with van der Waals surface area (Å²) >= 11 is 10.8. The fourth-order valence-electron chi connectivity index (χ4n) is 0.679. The van der Waals surface area contributed by atoms with Crippen molar-refractivity contribution in [1.29, 1.82) is 0 Å². The summed E-state index contributed by atoms with van der Waals surface area (Å²) in [5.74, 6) is 0.270. The molecule has 0 unspecified atom stereocenters. The van der Waals surface area contributed by atoms with Gasteiger partial charge in [-0.3, -0.25) is 4.79 Å². The highest BCUT2D eigenvalue weighted by molar-refractivity contribution is 6.67. The average Bonchev–Trinajstić information content (AvgIpc) is 2.03. The summed E-state index contributed by atoms with van der Waals surface area (Å²) in [7, 11) is 1.43. The number of carbonyl (C=O) groups excluding carboxylic acids is 1. The van der Waals surface area contributed by atoms with Gasteiger partial charge in [0, 0.05) is 11.1 Å². The molecule has 0 saturated heterocycles. The van der Waals surface area contributed by atoms with E-state index >= 15 is 0 Å². The zero-order valence-electron chi connectivity index (χ0n) is 6.17. The molecule has 1 heterocycles. The normalized spacial score (nSPS) is 9.58. The van der Waals surface area contributed by atoms with E-state index in [4.69, 9.17) is 27.9 Å². The first-order valence-electron chi connectivity index (χ1n) is 3.05. The van der Waals surface area contributed by atoms with Gasteiger partial charge in [0.25, 0.3) is 5.24 Å². The lowest BCUT2D eigenvalue weighted by atomic mass is 10.4. The molecule has 0 aromatic carbocycles. The van der Waals surface area contributed by atoms with Gasteiger partial charge in [-0.1, -0.05) is 11.6 Å². The highest BCUT2D eigenvalue weighted by Crippen LogP contribution is 2.17. The molecule has 0 N–H and O–H groups in total. The van der Waals surface area contributed by atoms with Crippen LogP contribution in [0.15, 0.2) is 12.1 Å². The van der Waals surface area contributed by atoms with E-state index in [-0.39, 0.29) is 11.6 Å². The van der Waals surface area contributed by atoms with Gasteiger partial charge < -0.3 is 4.74 Å². The second kappa shape index (κ2) is 3.74. The monoisotopic (exact) mass is 205 g/mol. The largest absolute Gasteiger partial charge is 0.481 e. The van der Waals surface area contributed by atoms with Crippen molar-refractivity contribution in [2.75, 3.05) is 7.11 Å². The molecule has 0 aliphatic carbocycles. The predicted octanol–water partition coefficient (Wildman–Crippen LogP) is 2.12. The molecule has 0 bridgehead atoms. The number of carbonyl (C=O) groups is 1. The van der Waals surface area contributed by atoms with Crippen LogP contribution in [-0.2, 0) is 0 Å². The van der Waals surface area contributed by atoms with Crippen molar-refractivity contribution in [2.45, 2.75) is 0 Å². The van der Waals surface area contributed by atoms with Crippen LogP contribution in [0.4, 0.5) is 0 Å². The quantitative estimate of drug-likeness (QED) is 0.695. The van der Waals surface area contributed by atoms with Gasteiger partial charge >= 0.3 is 0 Å². The van der Waals surface area contributed by atoms with Crippen LogP contribution in [0.2, 0.25) is 5.02 Å². The summed E-state index contributed by atoms with van der Waals surface area (Å²) < 4.78 is 4.78. The minimum atomic E-state index is -0.657. The average molecular weight is 206 g/mol. The molecular weight excluding hydrogens is 201 g/mol. The van der Waals surface area contributed by atoms with Gasteiger partial charge in [-0.05, 0) is 17.7 Å². The molecule has 0 atom stereocenters. The molecule has 12 heavy (non-hydrogen) atoms. The number of rotatable bonds is 2. The van der Waals surface area contributed by atoms with Crippen LogP contribution in [0.3, 0.4) is 0 Å². The van der Waals surface area contributed by atoms with Crippen molar-refractivity contribution in [3.63, 3.8) is 0 Å². The lowest BCUT2D eigenvalue weighted by Gasteiger charge is -2.00. The Labute approximate surface area is 79.3 Å². The SMILES string of the molecule is COc1cc(Cl)cc(C(=O)Cl)n1. The van der Waals surface area contributed by atoms with E-state index in [1.807, 2.05) is 0 Å². The van der Waals surface area contributed by atoms with Crippen LogP contribution in [-0.4, -0.2) is 17.3 Å². The minimum Gasteiger partial charge on any atom is -0.481 e. The summed E-state index contributed by atoms with van der Waals surface area (Å²) in [6.07, 6.45) is 0. The number of pyridine rings is 1. The second-order valence-electron chi connectivity index (χ2n) is 1.99. The van der Waals surface area contributed by atoms with Crippen LogP contribution < -0.4 is 4.74 Å². The molecule has 0 radical (unpaired) electrons. The lowest BCUT2D eigenvalue weighted by Crippen LogP contribution is -1.96. The van der Waals surface area contributed by atoms with Gasteiger partial charge in [0.1, 0.15) is 5.69 Å². The number of nitrogens with zero attached hydrogens (tertiary/aromatic N) is 1. The highest BCUT2D eigenvalue weighted by atomic mass is 35.5. The predicted molar refractivity (Wildman–Crippen MR) is 46.0 cm³/mol. The highest BCUT2D eigenvalue weighted by Gasteiger charge is 2.06. The Morgan fingerprint density at radius 1 is 1.58 bits per heavy atom. The molecule has 0 amide bonds. The zero-order chi connectivity index (χ0) is 9.14. The number of aromatic nitrogens is 1. The molecule has 64 valence electrons. The van der Waals surface area contributed by atoms with Gasteiger partial charge in [-0.2, -0.15) is 0 Å². The summed E-state index contributed by atoms with van der Waals surface area (Å²) in [4.78, 5) is 14.4. The molecule has 0 saturated carbocycles. The minimum absolute atomic E-state index is 0.0843. The Balaban J connectivity index is 3.15. The van der Waals surface area contributed by atoms with Crippen molar-refractivity contribution in [1.82, 2.24) is 4.98 Å². The van der Waals surface area contributed by atoms with Crippen LogP contribution in [0, 0.1) is 0 Å². The Kier molecular flexibility index (Phi) is 2.89. The third-order valence-electron chi connectivity index (χ3n) is 1.18. The smallest absolute Gasteiger partial charge is 0.271 e. The van der Waals surface area contributed by atoms with Crippen molar-refractivity contribution in [3.05, 3.63) is 22.8 Å². The van der Waals surface area contributed by atoms with E-state index in [2.05, 4.69) is 4.98 Å². The maximum atomic E-state index is 10.7. The maximum Gasteiger partial charge on any atom is 0.271 e. The molecule has 1 aromatic heterocycles. The fraction of sp³-hybridized carbons (Fsp3) is 0.143. The van der Waals surface area contributed by atoms with E-state index in [1.165, 1.54) is 19.2 Å². The molecule has 1 aromatic rings. The summed E-state index contributed by atoms with van der Waals surface area (Å²) in [6.45, 7) is 0. The van der Waals surface area contributed by atoms with Gasteiger partial charge in [-0.25, -0.2) is 4.98 Å². The topological polar surface area (TPSA) is 39.2 Å². The third kappa shape index (κ3) is 2.09. The van der Waals surface area contributed by atoms with Gasteiger partial charge in [0.05, 0.1) is 7.11 Å². The van der Waals surface area contributed by atoms with Gasteiger partial charge in [0.15, 0.2) is 0 Å². The molecule has 0 aliphatic rings.